The van der Waals surface area contributed by atoms with E-state index in [4.69, 9.17) is 0 Å². The molecule has 0 amide bonds. The smallest absolute Gasteiger partial charge is 0.210 e. The van der Waals surface area contributed by atoms with Gasteiger partial charge in [-0.05, 0) is 34.1 Å². The van der Waals surface area contributed by atoms with Gasteiger partial charge in [0.15, 0.2) is 0 Å². The Morgan fingerprint density at radius 3 is 2.84 bits per heavy atom. The van der Waals surface area contributed by atoms with Gasteiger partial charge >= 0.3 is 0 Å². The molecular weight excluding hydrogens is 373 g/mol. The molecule has 0 spiro atoms. The molecule has 106 valence electrons. The van der Waals surface area contributed by atoms with Crippen LogP contribution in [-0.2, 0) is 10.0 Å². The van der Waals surface area contributed by atoms with Gasteiger partial charge in [0.1, 0.15) is 5.82 Å². The third-order valence-corrected chi connectivity index (χ3v) is 7.50. The molecule has 0 aliphatic carbocycles. The van der Waals surface area contributed by atoms with Crippen LogP contribution in [0.2, 0.25) is 0 Å². The highest BCUT2D eigenvalue weighted by molar-refractivity contribution is 9.10. The molecule has 1 aromatic rings. The largest absolute Gasteiger partial charge is 0.240 e. The molecule has 1 fully saturated rings. The average molecular weight is 386 g/mol. The molecule has 0 saturated carbocycles. The van der Waals surface area contributed by atoms with E-state index in [0.717, 1.165) is 23.3 Å². The molecule has 8 heteroatoms. The number of thioether (sulfide) groups is 2. The zero-order valence-electron chi connectivity index (χ0n) is 9.93. The summed E-state index contributed by atoms with van der Waals surface area (Å²) in [5, 5.41) is 0.286. The number of sulfonamides is 1. The summed E-state index contributed by atoms with van der Waals surface area (Å²) < 4.78 is 40.2. The van der Waals surface area contributed by atoms with Crippen LogP contribution in [0.1, 0.15) is 0 Å². The Labute approximate surface area is 129 Å². The van der Waals surface area contributed by atoms with E-state index in [1.165, 1.54) is 12.1 Å². The molecule has 2 rings (SSSR count). The number of halogens is 2. The maximum atomic E-state index is 13.4. The van der Waals surface area contributed by atoms with E-state index >= 15 is 0 Å². The Morgan fingerprint density at radius 1 is 1.42 bits per heavy atom. The first-order valence-electron chi connectivity index (χ1n) is 5.63. The first kappa shape index (κ1) is 15.6. The van der Waals surface area contributed by atoms with Crippen LogP contribution < -0.4 is 4.72 Å². The molecule has 0 bridgehead atoms. The van der Waals surface area contributed by atoms with Crippen LogP contribution in [0, 0.1) is 5.82 Å². The Morgan fingerprint density at radius 2 is 2.21 bits per heavy atom. The average Bonchev–Trinajstić information content (AvgIpc) is 2.41. The Hall–Kier alpha value is 0.240. The first-order chi connectivity index (χ1) is 8.99. The lowest BCUT2D eigenvalue weighted by Gasteiger charge is -2.21. The van der Waals surface area contributed by atoms with Crippen molar-refractivity contribution in [2.75, 3.05) is 23.8 Å². The molecule has 1 heterocycles. The number of hydrogen-bond acceptors (Lipinski definition) is 4. The minimum atomic E-state index is -3.63. The van der Waals surface area contributed by atoms with E-state index in [1.807, 2.05) is 11.8 Å². The molecule has 1 aromatic carbocycles. The van der Waals surface area contributed by atoms with Crippen molar-refractivity contribution in [3.05, 3.63) is 28.5 Å². The normalized spacial score (nSPS) is 20.4. The molecule has 1 unspecified atom stereocenters. The van der Waals surface area contributed by atoms with E-state index in [0.29, 0.717) is 6.54 Å². The third kappa shape index (κ3) is 4.35. The summed E-state index contributed by atoms with van der Waals surface area (Å²) in [5.74, 6) is 2.53. The van der Waals surface area contributed by atoms with Crippen molar-refractivity contribution in [1.29, 1.82) is 0 Å². The first-order valence-corrected chi connectivity index (χ1v) is 10.1. The molecule has 1 N–H and O–H groups in total. The van der Waals surface area contributed by atoms with Gasteiger partial charge in [0, 0.05) is 29.1 Å². The second kappa shape index (κ2) is 6.80. The number of rotatable bonds is 4. The SMILES string of the molecule is O=S(=O)(NCC1CSCCS1)c1ccc(Br)c(F)c1. The molecule has 0 aromatic heterocycles. The van der Waals surface area contributed by atoms with Crippen LogP contribution in [0.4, 0.5) is 4.39 Å². The van der Waals surface area contributed by atoms with Gasteiger partial charge < -0.3 is 0 Å². The highest BCUT2D eigenvalue weighted by Crippen LogP contribution is 2.24. The standard InChI is InChI=1S/C11H13BrFNO2S3/c12-10-2-1-9(5-11(10)13)19(15,16)14-6-8-7-17-3-4-18-8/h1-2,5,8,14H,3-4,6-7H2. The minimum Gasteiger partial charge on any atom is -0.210 e. The number of benzene rings is 1. The summed E-state index contributed by atoms with van der Waals surface area (Å²) in [5.41, 5.74) is 0. The third-order valence-electron chi connectivity index (χ3n) is 2.59. The molecule has 3 nitrogen and oxygen atoms in total. The van der Waals surface area contributed by atoms with Crippen LogP contribution in [-0.4, -0.2) is 37.5 Å². The van der Waals surface area contributed by atoms with Crippen molar-refractivity contribution >= 4 is 49.5 Å². The lowest BCUT2D eigenvalue weighted by Crippen LogP contribution is -2.33. The van der Waals surface area contributed by atoms with E-state index in [1.54, 1.807) is 11.8 Å². The van der Waals surface area contributed by atoms with Gasteiger partial charge in [0.25, 0.3) is 0 Å². The summed E-state index contributed by atoms with van der Waals surface area (Å²) in [6.45, 7) is 0.387. The molecule has 1 atom stereocenters. The molecule has 1 aliphatic rings. The number of hydrogen-bond donors (Lipinski definition) is 1. The second-order valence-corrected chi connectivity index (χ2v) is 9.17. The van der Waals surface area contributed by atoms with Crippen molar-refractivity contribution in [3.63, 3.8) is 0 Å². The quantitative estimate of drug-likeness (QED) is 0.865. The van der Waals surface area contributed by atoms with E-state index in [9.17, 15) is 12.8 Å². The summed E-state index contributed by atoms with van der Waals surface area (Å²) >= 11 is 6.61. The van der Waals surface area contributed by atoms with Gasteiger partial charge in [-0.15, -0.1) is 0 Å². The fourth-order valence-electron chi connectivity index (χ4n) is 1.58. The molecule has 1 aliphatic heterocycles. The maximum absolute atomic E-state index is 13.4. The van der Waals surface area contributed by atoms with E-state index < -0.39 is 15.8 Å². The highest BCUT2D eigenvalue weighted by Gasteiger charge is 2.20. The van der Waals surface area contributed by atoms with Gasteiger partial charge in [0.2, 0.25) is 10.0 Å². The van der Waals surface area contributed by atoms with E-state index in [-0.39, 0.29) is 14.6 Å². The van der Waals surface area contributed by atoms with Gasteiger partial charge in [-0.25, -0.2) is 17.5 Å². The Balaban J connectivity index is 2.02. The van der Waals surface area contributed by atoms with E-state index in [2.05, 4.69) is 20.7 Å². The molecule has 1 saturated heterocycles. The zero-order chi connectivity index (χ0) is 13.9. The lowest BCUT2D eigenvalue weighted by atomic mass is 10.3. The summed E-state index contributed by atoms with van der Waals surface area (Å²) in [4.78, 5) is -0.0401. The van der Waals surface area contributed by atoms with Crippen molar-refractivity contribution in [2.45, 2.75) is 10.1 Å². The molecule has 19 heavy (non-hydrogen) atoms. The van der Waals surface area contributed by atoms with Crippen LogP contribution in [0.15, 0.2) is 27.6 Å². The van der Waals surface area contributed by atoms with Crippen molar-refractivity contribution < 1.29 is 12.8 Å². The zero-order valence-corrected chi connectivity index (χ0v) is 14.0. The highest BCUT2D eigenvalue weighted by atomic mass is 79.9. The van der Waals surface area contributed by atoms with Crippen molar-refractivity contribution in [3.8, 4) is 0 Å². The van der Waals surface area contributed by atoms with Crippen molar-refractivity contribution in [2.24, 2.45) is 0 Å². The lowest BCUT2D eigenvalue weighted by molar-refractivity contribution is 0.577. The van der Waals surface area contributed by atoms with Gasteiger partial charge in [-0.2, -0.15) is 23.5 Å². The topological polar surface area (TPSA) is 46.2 Å². The fraction of sp³-hybridized carbons (Fsp3) is 0.455. The van der Waals surface area contributed by atoms with Crippen LogP contribution in [0.3, 0.4) is 0 Å². The predicted octanol–water partition coefficient (Wildman–Crippen LogP) is 2.72. The van der Waals surface area contributed by atoms with Gasteiger partial charge in [0.05, 0.1) is 9.37 Å². The van der Waals surface area contributed by atoms with Crippen LogP contribution in [0.5, 0.6) is 0 Å². The minimum absolute atomic E-state index is 0.0401. The Bertz CT molecular complexity index is 547. The molecule has 0 radical (unpaired) electrons. The maximum Gasteiger partial charge on any atom is 0.240 e. The summed E-state index contributed by atoms with van der Waals surface area (Å²) in [6, 6.07) is 3.81. The van der Waals surface area contributed by atoms with Gasteiger partial charge in [-0.3, -0.25) is 0 Å². The summed E-state index contributed by atoms with van der Waals surface area (Å²) in [6.07, 6.45) is 0. The fourth-order valence-corrected chi connectivity index (χ4v) is 5.64. The summed E-state index contributed by atoms with van der Waals surface area (Å²) in [7, 11) is -3.63. The second-order valence-electron chi connectivity index (χ2n) is 4.00. The van der Waals surface area contributed by atoms with Crippen LogP contribution in [0.25, 0.3) is 0 Å². The predicted molar refractivity (Wildman–Crippen MR) is 82.9 cm³/mol. The monoisotopic (exact) mass is 385 g/mol. The van der Waals surface area contributed by atoms with Gasteiger partial charge in [-0.1, -0.05) is 0 Å². The molecular formula is C11H13BrFNO2S3. The number of nitrogens with one attached hydrogen (secondary N) is 1. The van der Waals surface area contributed by atoms with Crippen molar-refractivity contribution in [1.82, 2.24) is 4.72 Å². The van der Waals surface area contributed by atoms with Crippen LogP contribution >= 0.6 is 39.5 Å². The Kier molecular flexibility index (Phi) is 5.59.